The molecule has 2 aromatic heterocycles. The van der Waals surface area contributed by atoms with Crippen molar-refractivity contribution in [1.82, 2.24) is 9.38 Å². The molecule has 0 fully saturated rings. The van der Waals surface area contributed by atoms with Gasteiger partial charge in [-0.3, -0.25) is 4.40 Å². The lowest BCUT2D eigenvalue weighted by Crippen LogP contribution is -1.80. The number of rotatable bonds is 0. The maximum Gasteiger partial charge on any atom is 0.373 e. The van der Waals surface area contributed by atoms with Crippen LogP contribution in [0, 0.1) is 13.8 Å². The lowest BCUT2D eigenvalue weighted by atomic mass is 10.4. The van der Waals surface area contributed by atoms with E-state index in [0.29, 0.717) is 0 Å². The number of fused-ring (bicyclic) bond motifs is 1. The first kappa shape index (κ1) is 9.64. The van der Waals surface area contributed by atoms with Crippen LogP contribution in [0.2, 0.25) is 0 Å². The Bertz CT molecular complexity index is 438. The molecule has 0 aliphatic rings. The van der Waals surface area contributed by atoms with E-state index < -0.39 is 0 Å². The molecule has 2 rings (SSSR count). The van der Waals surface area contributed by atoms with Crippen molar-refractivity contribution in [3.63, 3.8) is 0 Å². The predicted molar refractivity (Wildman–Crippen MR) is 47.6 cm³/mol. The summed E-state index contributed by atoms with van der Waals surface area (Å²) in [5.41, 5.74) is 1.30. The molecule has 0 spiro atoms. The van der Waals surface area contributed by atoms with Crippen LogP contribution < -0.4 is 0 Å². The Kier molecular flexibility index (Phi) is 2.95. The van der Waals surface area contributed by atoms with Crippen LogP contribution in [0.1, 0.15) is 10.6 Å². The van der Waals surface area contributed by atoms with Crippen LogP contribution in [0.3, 0.4) is 0 Å². The molecule has 2 heterocycles. The lowest BCUT2D eigenvalue weighted by Gasteiger charge is -1.86. The lowest BCUT2D eigenvalue weighted by molar-refractivity contribution is -0.191. The molecule has 0 saturated carbocycles. The minimum atomic E-state index is 0.250. The van der Waals surface area contributed by atoms with Crippen molar-refractivity contribution in [2.45, 2.75) is 13.8 Å². The molecular weight excluding hydrogens is 188 g/mol. The average molecular weight is 196 g/mol. The number of hydrogen-bond donors (Lipinski definition) is 0. The first-order valence-electron chi connectivity index (χ1n) is 3.59. The second-order valence-corrected chi connectivity index (χ2v) is 3.59. The van der Waals surface area contributed by atoms with E-state index in [0.717, 1.165) is 4.96 Å². The zero-order chi connectivity index (χ0) is 9.84. The third kappa shape index (κ3) is 1.83. The molecule has 0 saturated heterocycles. The zero-order valence-corrected chi connectivity index (χ0v) is 8.09. The SMILES string of the molecule is Cc1sc2nccn2c1C.O=C=O. The molecule has 0 atom stereocenters. The van der Waals surface area contributed by atoms with Gasteiger partial charge in [-0.25, -0.2) is 4.98 Å². The Morgan fingerprint density at radius 1 is 1.46 bits per heavy atom. The van der Waals surface area contributed by atoms with Crippen LogP contribution in [0.15, 0.2) is 12.4 Å². The first-order valence-corrected chi connectivity index (χ1v) is 4.40. The Labute approximate surface area is 78.8 Å². The second kappa shape index (κ2) is 3.98. The summed E-state index contributed by atoms with van der Waals surface area (Å²) in [5, 5.41) is 0. The van der Waals surface area contributed by atoms with E-state index >= 15 is 0 Å². The van der Waals surface area contributed by atoms with Gasteiger partial charge in [0.15, 0.2) is 4.96 Å². The Balaban J connectivity index is 0.000000251. The zero-order valence-electron chi connectivity index (χ0n) is 7.27. The van der Waals surface area contributed by atoms with Gasteiger partial charge in [-0.05, 0) is 13.8 Å². The summed E-state index contributed by atoms with van der Waals surface area (Å²) in [7, 11) is 0. The van der Waals surface area contributed by atoms with E-state index in [1.807, 2.05) is 12.4 Å². The molecule has 0 radical (unpaired) electrons. The highest BCUT2D eigenvalue weighted by molar-refractivity contribution is 7.17. The van der Waals surface area contributed by atoms with Crippen LogP contribution >= 0.6 is 11.3 Å². The number of carbonyl (C=O) groups excluding carboxylic acids is 2. The van der Waals surface area contributed by atoms with Gasteiger partial charge in [0.25, 0.3) is 0 Å². The number of aromatic nitrogens is 2. The molecule has 0 aliphatic carbocycles. The standard InChI is InChI=1S/C7H8N2S.CO2/c1-5-6(2)10-7-8-3-4-9(5)7;2-1-3/h3-4H,1-2H3;. The summed E-state index contributed by atoms with van der Waals surface area (Å²) >= 11 is 1.74. The van der Waals surface area contributed by atoms with Gasteiger partial charge in [0.1, 0.15) is 0 Å². The van der Waals surface area contributed by atoms with Crippen molar-refractivity contribution in [2.24, 2.45) is 0 Å². The van der Waals surface area contributed by atoms with Gasteiger partial charge in [-0.15, -0.1) is 11.3 Å². The number of thiazole rings is 1. The molecule has 2 aromatic rings. The minimum Gasteiger partial charge on any atom is -0.295 e. The van der Waals surface area contributed by atoms with Crippen LogP contribution in [-0.2, 0) is 9.59 Å². The molecular formula is C8H8N2O2S. The molecule has 0 aromatic carbocycles. The first-order chi connectivity index (χ1) is 6.20. The van der Waals surface area contributed by atoms with Crippen molar-refractivity contribution in [3.8, 4) is 0 Å². The predicted octanol–water partition coefficient (Wildman–Crippen LogP) is 1.43. The summed E-state index contributed by atoms with van der Waals surface area (Å²) in [6, 6.07) is 0. The summed E-state index contributed by atoms with van der Waals surface area (Å²) < 4.78 is 2.11. The molecule has 68 valence electrons. The van der Waals surface area contributed by atoms with Gasteiger partial charge >= 0.3 is 6.15 Å². The topological polar surface area (TPSA) is 51.4 Å². The fourth-order valence-corrected chi connectivity index (χ4v) is 1.93. The van der Waals surface area contributed by atoms with E-state index in [-0.39, 0.29) is 6.15 Å². The van der Waals surface area contributed by atoms with Crippen LogP contribution in [0.25, 0.3) is 4.96 Å². The molecule has 0 aliphatic heterocycles. The van der Waals surface area contributed by atoms with Crippen LogP contribution in [-0.4, -0.2) is 15.5 Å². The summed E-state index contributed by atoms with van der Waals surface area (Å²) in [6.45, 7) is 4.23. The van der Waals surface area contributed by atoms with Crippen molar-refractivity contribution < 1.29 is 9.59 Å². The van der Waals surface area contributed by atoms with E-state index in [2.05, 4.69) is 23.2 Å². The van der Waals surface area contributed by atoms with Crippen molar-refractivity contribution in [2.75, 3.05) is 0 Å². The van der Waals surface area contributed by atoms with Gasteiger partial charge in [0, 0.05) is 23.0 Å². The molecule has 13 heavy (non-hydrogen) atoms. The monoisotopic (exact) mass is 196 g/mol. The Morgan fingerprint density at radius 2 is 2.08 bits per heavy atom. The second-order valence-electron chi connectivity index (χ2n) is 2.41. The summed E-state index contributed by atoms with van der Waals surface area (Å²) in [5.74, 6) is 0. The minimum absolute atomic E-state index is 0.250. The highest BCUT2D eigenvalue weighted by atomic mass is 32.1. The average Bonchev–Trinajstić information content (AvgIpc) is 2.60. The van der Waals surface area contributed by atoms with Crippen molar-refractivity contribution in [1.29, 1.82) is 0 Å². The fourth-order valence-electron chi connectivity index (χ4n) is 1.00. The molecule has 0 bridgehead atoms. The maximum atomic E-state index is 8.12. The van der Waals surface area contributed by atoms with Crippen LogP contribution in [0.4, 0.5) is 0 Å². The quantitative estimate of drug-likeness (QED) is 0.640. The van der Waals surface area contributed by atoms with Gasteiger partial charge in [-0.2, -0.15) is 9.59 Å². The maximum absolute atomic E-state index is 8.12. The van der Waals surface area contributed by atoms with E-state index in [9.17, 15) is 0 Å². The third-order valence-electron chi connectivity index (χ3n) is 1.72. The van der Waals surface area contributed by atoms with Crippen LogP contribution in [0.5, 0.6) is 0 Å². The van der Waals surface area contributed by atoms with Crippen molar-refractivity contribution >= 4 is 22.4 Å². The molecule has 0 N–H and O–H groups in total. The van der Waals surface area contributed by atoms with E-state index in [1.165, 1.54) is 10.6 Å². The summed E-state index contributed by atoms with van der Waals surface area (Å²) in [6.07, 6.45) is 4.08. The molecule has 0 amide bonds. The van der Waals surface area contributed by atoms with Gasteiger partial charge in [0.05, 0.1) is 0 Å². The van der Waals surface area contributed by atoms with Gasteiger partial charge in [0.2, 0.25) is 0 Å². The number of imidazole rings is 1. The molecule has 0 unspecified atom stereocenters. The van der Waals surface area contributed by atoms with Gasteiger partial charge in [-0.1, -0.05) is 0 Å². The third-order valence-corrected chi connectivity index (χ3v) is 2.81. The Morgan fingerprint density at radius 3 is 2.62 bits per heavy atom. The Hall–Kier alpha value is -1.45. The molecule has 5 heteroatoms. The number of aryl methyl sites for hydroxylation is 2. The number of nitrogens with zero attached hydrogens (tertiary/aromatic N) is 2. The van der Waals surface area contributed by atoms with Gasteiger partial charge < -0.3 is 0 Å². The number of hydrogen-bond acceptors (Lipinski definition) is 4. The normalized spacial score (nSPS) is 9.08. The van der Waals surface area contributed by atoms with E-state index in [1.54, 1.807) is 11.3 Å². The fraction of sp³-hybridized carbons (Fsp3) is 0.250. The highest BCUT2D eigenvalue weighted by Gasteiger charge is 2.02. The van der Waals surface area contributed by atoms with Crippen molar-refractivity contribution in [3.05, 3.63) is 23.0 Å². The largest absolute Gasteiger partial charge is 0.373 e. The van der Waals surface area contributed by atoms with E-state index in [4.69, 9.17) is 9.59 Å². The summed E-state index contributed by atoms with van der Waals surface area (Å²) in [4.78, 5) is 22.9. The highest BCUT2D eigenvalue weighted by Crippen LogP contribution is 2.19. The molecule has 4 nitrogen and oxygen atoms in total. The smallest absolute Gasteiger partial charge is 0.295 e.